The minimum absolute atomic E-state index is 0.0322. The van der Waals surface area contributed by atoms with Gasteiger partial charge in [0.05, 0.1) is 6.61 Å². The van der Waals surface area contributed by atoms with Gasteiger partial charge in [0.25, 0.3) is 10.2 Å². The molecule has 6 nitrogen and oxygen atoms in total. The topological polar surface area (TPSA) is 75.7 Å². The molecule has 128 valence electrons. The van der Waals surface area contributed by atoms with Crippen molar-refractivity contribution in [2.45, 2.75) is 53.0 Å². The number of esters is 1. The number of carbonyl (C=O) groups is 1. The van der Waals surface area contributed by atoms with Gasteiger partial charge >= 0.3 is 5.97 Å². The maximum Gasteiger partial charge on any atom is 0.321 e. The fraction of sp³-hybridized carbons (Fsp3) is 0.933. The van der Waals surface area contributed by atoms with E-state index in [4.69, 9.17) is 4.74 Å². The van der Waals surface area contributed by atoms with Crippen molar-refractivity contribution in [2.75, 3.05) is 20.2 Å². The van der Waals surface area contributed by atoms with Crippen LogP contribution in [0.5, 0.6) is 0 Å². The van der Waals surface area contributed by atoms with Crippen LogP contribution in [0.15, 0.2) is 0 Å². The fourth-order valence-corrected chi connectivity index (χ4v) is 5.30. The number of hydrogen-bond donors (Lipinski definition) is 1. The molecule has 0 aromatic rings. The molecule has 0 aromatic carbocycles. The van der Waals surface area contributed by atoms with Crippen molar-refractivity contribution >= 4 is 16.2 Å². The van der Waals surface area contributed by atoms with Gasteiger partial charge in [-0.2, -0.15) is 17.4 Å². The molecule has 3 unspecified atom stereocenters. The molecule has 0 aliphatic heterocycles. The molecule has 0 spiro atoms. The van der Waals surface area contributed by atoms with Crippen LogP contribution >= 0.6 is 0 Å². The van der Waals surface area contributed by atoms with Crippen LogP contribution in [0, 0.1) is 16.7 Å². The SMILES string of the molecule is CCOC(=O)CN(C)S(=O)(=O)NC1CC2CCC1(C)C2(C)C. The lowest BCUT2D eigenvalue weighted by Gasteiger charge is -2.39. The normalized spacial score (nSPS) is 33.4. The second-order valence-electron chi connectivity index (χ2n) is 7.35. The van der Waals surface area contributed by atoms with E-state index in [-0.39, 0.29) is 30.0 Å². The van der Waals surface area contributed by atoms with E-state index in [0.717, 1.165) is 17.1 Å². The molecule has 1 N–H and O–H groups in total. The number of hydrogen-bond acceptors (Lipinski definition) is 4. The van der Waals surface area contributed by atoms with Gasteiger partial charge in [-0.3, -0.25) is 4.79 Å². The Morgan fingerprint density at radius 1 is 1.36 bits per heavy atom. The van der Waals surface area contributed by atoms with Crippen LogP contribution < -0.4 is 4.72 Å². The third kappa shape index (κ3) is 2.78. The van der Waals surface area contributed by atoms with Gasteiger partial charge in [-0.25, -0.2) is 0 Å². The van der Waals surface area contributed by atoms with Crippen LogP contribution in [0.4, 0.5) is 0 Å². The summed E-state index contributed by atoms with van der Waals surface area (Å²) in [7, 11) is -2.28. The lowest BCUT2D eigenvalue weighted by atomic mass is 9.69. The number of fused-ring (bicyclic) bond motifs is 2. The van der Waals surface area contributed by atoms with Crippen LogP contribution in [0.25, 0.3) is 0 Å². The number of nitrogens with one attached hydrogen (secondary N) is 1. The number of ether oxygens (including phenoxy) is 1. The minimum atomic E-state index is -3.69. The first kappa shape index (κ1) is 17.7. The molecule has 2 saturated carbocycles. The molecule has 22 heavy (non-hydrogen) atoms. The summed E-state index contributed by atoms with van der Waals surface area (Å²) < 4.78 is 33.6. The highest BCUT2D eigenvalue weighted by atomic mass is 32.2. The Morgan fingerprint density at radius 2 is 2.00 bits per heavy atom. The third-order valence-corrected chi connectivity index (χ3v) is 7.68. The predicted molar refractivity (Wildman–Crippen MR) is 84.3 cm³/mol. The molecule has 7 heteroatoms. The first-order valence-corrected chi connectivity index (χ1v) is 9.38. The molecule has 3 atom stereocenters. The lowest BCUT2D eigenvalue weighted by molar-refractivity contribution is -0.143. The molecule has 0 radical (unpaired) electrons. The molecule has 0 saturated heterocycles. The highest BCUT2D eigenvalue weighted by Gasteiger charge is 2.62. The average molecular weight is 332 g/mol. The second-order valence-corrected chi connectivity index (χ2v) is 9.16. The fourth-order valence-electron chi connectivity index (χ4n) is 4.13. The van der Waals surface area contributed by atoms with E-state index in [1.165, 1.54) is 13.5 Å². The molecular formula is C15H28N2O4S. The number of rotatable bonds is 6. The van der Waals surface area contributed by atoms with Gasteiger partial charge in [0.1, 0.15) is 6.54 Å². The molecule has 2 fully saturated rings. The standard InChI is InChI=1S/C15H28N2O4S/c1-6-21-13(18)10-17(5)22(19,20)16-12-9-11-7-8-15(12,4)14(11,2)3/h11-12,16H,6-10H2,1-5H3. The Hall–Kier alpha value is -0.660. The Bertz CT molecular complexity index is 546. The lowest BCUT2D eigenvalue weighted by Crippen LogP contribution is -2.51. The van der Waals surface area contributed by atoms with Crippen LogP contribution in [-0.4, -0.2) is 44.9 Å². The van der Waals surface area contributed by atoms with Crippen LogP contribution in [0.1, 0.15) is 47.0 Å². The van der Waals surface area contributed by atoms with Gasteiger partial charge in [-0.1, -0.05) is 20.8 Å². The van der Waals surface area contributed by atoms with Gasteiger partial charge in [0.2, 0.25) is 0 Å². The summed E-state index contributed by atoms with van der Waals surface area (Å²) in [5.74, 6) is 0.0235. The number of carbonyl (C=O) groups excluding carboxylic acids is 1. The van der Waals surface area contributed by atoms with Crippen molar-refractivity contribution in [3.63, 3.8) is 0 Å². The zero-order chi connectivity index (χ0) is 16.8. The van der Waals surface area contributed by atoms with E-state index >= 15 is 0 Å². The van der Waals surface area contributed by atoms with Gasteiger partial charge in [-0.05, 0) is 42.9 Å². The van der Waals surface area contributed by atoms with Crippen molar-refractivity contribution in [3.05, 3.63) is 0 Å². The highest BCUT2D eigenvalue weighted by molar-refractivity contribution is 7.87. The third-order valence-electron chi connectivity index (χ3n) is 6.15. The van der Waals surface area contributed by atoms with Crippen LogP contribution in [-0.2, 0) is 19.7 Å². The van der Waals surface area contributed by atoms with E-state index in [1.54, 1.807) is 6.92 Å². The molecule has 2 aliphatic rings. The van der Waals surface area contributed by atoms with Crippen molar-refractivity contribution in [2.24, 2.45) is 16.7 Å². The summed E-state index contributed by atoms with van der Waals surface area (Å²) >= 11 is 0. The zero-order valence-electron chi connectivity index (χ0n) is 14.2. The molecule has 0 aromatic heterocycles. The first-order chi connectivity index (χ1) is 10.0. The quantitative estimate of drug-likeness (QED) is 0.749. The van der Waals surface area contributed by atoms with E-state index in [2.05, 4.69) is 25.5 Å². The monoisotopic (exact) mass is 332 g/mol. The maximum atomic E-state index is 12.5. The average Bonchev–Trinajstić information content (AvgIpc) is 2.71. The van der Waals surface area contributed by atoms with Crippen molar-refractivity contribution in [3.8, 4) is 0 Å². The summed E-state index contributed by atoms with van der Waals surface area (Å²) in [6, 6.07) is -0.0732. The molecular weight excluding hydrogens is 304 g/mol. The highest BCUT2D eigenvalue weighted by Crippen LogP contribution is 2.65. The van der Waals surface area contributed by atoms with Gasteiger partial charge < -0.3 is 4.74 Å². The van der Waals surface area contributed by atoms with Gasteiger partial charge in [-0.15, -0.1) is 0 Å². The number of nitrogens with zero attached hydrogens (tertiary/aromatic N) is 1. The summed E-state index contributed by atoms with van der Waals surface area (Å²) in [6.07, 6.45) is 3.08. The van der Waals surface area contributed by atoms with Crippen LogP contribution in [0.2, 0.25) is 0 Å². The molecule has 2 aliphatic carbocycles. The summed E-state index contributed by atoms with van der Waals surface area (Å²) in [5, 5.41) is 0. The Kier molecular flexibility index (Phi) is 4.63. The van der Waals surface area contributed by atoms with Gasteiger partial charge in [0.15, 0.2) is 0 Å². The van der Waals surface area contributed by atoms with Crippen molar-refractivity contribution < 1.29 is 17.9 Å². The summed E-state index contributed by atoms with van der Waals surface area (Å²) in [4.78, 5) is 11.5. The largest absolute Gasteiger partial charge is 0.465 e. The molecule has 2 bridgehead atoms. The van der Waals surface area contributed by atoms with Gasteiger partial charge in [0, 0.05) is 13.1 Å². The van der Waals surface area contributed by atoms with E-state index in [0.29, 0.717) is 5.92 Å². The maximum absolute atomic E-state index is 12.5. The number of likely N-dealkylation sites (N-methyl/N-ethyl adjacent to an activating group) is 1. The van der Waals surface area contributed by atoms with Crippen molar-refractivity contribution in [1.82, 2.24) is 9.03 Å². The smallest absolute Gasteiger partial charge is 0.321 e. The Labute approximate surface area is 133 Å². The van der Waals surface area contributed by atoms with E-state index < -0.39 is 16.2 Å². The van der Waals surface area contributed by atoms with Crippen molar-refractivity contribution in [1.29, 1.82) is 0 Å². The summed E-state index contributed by atoms with van der Waals surface area (Å²) in [6.45, 7) is 8.33. The Morgan fingerprint density at radius 3 is 2.45 bits per heavy atom. The molecule has 2 rings (SSSR count). The zero-order valence-corrected chi connectivity index (χ0v) is 15.0. The van der Waals surface area contributed by atoms with E-state index in [1.807, 2.05) is 0 Å². The second kappa shape index (κ2) is 5.76. The molecule has 0 amide bonds. The molecule has 0 heterocycles. The predicted octanol–water partition coefficient (Wildman–Crippen LogP) is 1.53. The first-order valence-electron chi connectivity index (χ1n) is 7.94. The summed E-state index contributed by atoms with van der Waals surface area (Å²) in [5.41, 5.74) is 0.107. The van der Waals surface area contributed by atoms with Crippen LogP contribution in [0.3, 0.4) is 0 Å². The Balaban J connectivity index is 2.06. The van der Waals surface area contributed by atoms with E-state index in [9.17, 15) is 13.2 Å². The minimum Gasteiger partial charge on any atom is -0.465 e.